The number of nitrogens with zero attached hydrogens (tertiary/aromatic N) is 1. The molecule has 94 valence electrons. The minimum atomic E-state index is -0.398. The van der Waals surface area contributed by atoms with Gasteiger partial charge < -0.3 is 9.19 Å². The third kappa shape index (κ3) is 2.34. The highest BCUT2D eigenvalue weighted by atomic mass is 31.2. The quantitative estimate of drug-likeness (QED) is 0.641. The Morgan fingerprint density at radius 2 is 2.00 bits per heavy atom. The van der Waals surface area contributed by atoms with Crippen LogP contribution in [0.25, 0.3) is 0 Å². The minimum Gasteiger partial charge on any atom is -0.334 e. The minimum absolute atomic E-state index is 0.388. The van der Waals surface area contributed by atoms with Gasteiger partial charge >= 0.3 is 0 Å². The van der Waals surface area contributed by atoms with Crippen molar-refractivity contribution < 1.29 is 4.52 Å². The first-order valence-electron chi connectivity index (χ1n) is 6.46. The van der Waals surface area contributed by atoms with Crippen LogP contribution in [-0.2, 0) is 10.9 Å². The van der Waals surface area contributed by atoms with Crippen LogP contribution in [0.2, 0.25) is 0 Å². The molecule has 2 unspecified atom stereocenters. The molecular formula is C14H22NOP. The van der Waals surface area contributed by atoms with E-state index in [9.17, 15) is 0 Å². The number of hydrogen-bond acceptors (Lipinski definition) is 2. The van der Waals surface area contributed by atoms with Crippen molar-refractivity contribution >= 4 is 14.0 Å². The summed E-state index contributed by atoms with van der Waals surface area (Å²) in [7, 11) is -0.398. The lowest BCUT2D eigenvalue weighted by Gasteiger charge is -2.21. The molecular weight excluding hydrogens is 229 g/mol. The smallest absolute Gasteiger partial charge is 0.129 e. The Labute approximate surface area is 106 Å². The van der Waals surface area contributed by atoms with Gasteiger partial charge in [0.15, 0.2) is 0 Å². The van der Waals surface area contributed by atoms with Crippen LogP contribution in [0.15, 0.2) is 24.3 Å². The molecule has 1 aromatic carbocycles. The van der Waals surface area contributed by atoms with Crippen molar-refractivity contribution in [2.45, 2.75) is 45.8 Å². The second-order valence-corrected chi connectivity index (χ2v) is 6.30. The maximum absolute atomic E-state index is 5.88. The van der Waals surface area contributed by atoms with Crippen LogP contribution in [-0.4, -0.2) is 18.8 Å². The standard InChI is InChI=1S/C11H14NOP.C3H8/c1-8-11-7-9-5-3-4-6-10(9)12(11)14(2)13-8;1-3-2/h3-6,8,11H,7H2,1-2H3;3H2,1-2H3/t8-,11?,14?;/m1./s1. The molecule has 3 heteroatoms. The molecule has 0 saturated carbocycles. The number of fused-ring (bicyclic) bond motifs is 3. The third-order valence-electron chi connectivity index (χ3n) is 3.15. The normalized spacial score (nSPS) is 29.4. The number of para-hydroxylation sites is 1. The van der Waals surface area contributed by atoms with Gasteiger partial charge in [0.2, 0.25) is 0 Å². The zero-order chi connectivity index (χ0) is 12.4. The molecule has 0 bridgehead atoms. The fourth-order valence-electron chi connectivity index (χ4n) is 2.48. The topological polar surface area (TPSA) is 12.5 Å². The molecule has 3 atom stereocenters. The number of rotatable bonds is 0. The van der Waals surface area contributed by atoms with Gasteiger partial charge in [-0.05, 0) is 31.6 Å². The molecule has 0 N–H and O–H groups in total. The Kier molecular flexibility index (Phi) is 4.06. The fourth-order valence-corrected chi connectivity index (χ4v) is 4.39. The van der Waals surface area contributed by atoms with Crippen LogP contribution < -0.4 is 4.67 Å². The van der Waals surface area contributed by atoms with Crippen molar-refractivity contribution in [3.05, 3.63) is 29.8 Å². The molecule has 0 amide bonds. The predicted octanol–water partition coefficient (Wildman–Crippen LogP) is 4.19. The van der Waals surface area contributed by atoms with Gasteiger partial charge in [0, 0.05) is 5.69 Å². The first kappa shape index (κ1) is 12.9. The van der Waals surface area contributed by atoms with E-state index in [1.54, 1.807) is 0 Å². The molecule has 2 aliphatic heterocycles. The van der Waals surface area contributed by atoms with E-state index >= 15 is 0 Å². The average Bonchev–Trinajstić information content (AvgIpc) is 2.80. The summed E-state index contributed by atoms with van der Waals surface area (Å²) in [5, 5.41) is 0. The Morgan fingerprint density at radius 3 is 2.71 bits per heavy atom. The second-order valence-electron chi connectivity index (χ2n) is 4.73. The predicted molar refractivity (Wildman–Crippen MR) is 75.8 cm³/mol. The highest BCUT2D eigenvalue weighted by Gasteiger charge is 2.43. The van der Waals surface area contributed by atoms with Gasteiger partial charge in [0.05, 0.1) is 12.1 Å². The molecule has 17 heavy (non-hydrogen) atoms. The van der Waals surface area contributed by atoms with E-state index in [1.807, 2.05) is 0 Å². The molecule has 1 aromatic rings. The van der Waals surface area contributed by atoms with Gasteiger partial charge in [-0.1, -0.05) is 38.5 Å². The van der Waals surface area contributed by atoms with Crippen LogP contribution in [0, 0.1) is 0 Å². The Hall–Kier alpha value is -0.590. The summed E-state index contributed by atoms with van der Waals surface area (Å²) in [6.07, 6.45) is 2.79. The van der Waals surface area contributed by atoms with Crippen molar-refractivity contribution in [3.63, 3.8) is 0 Å². The molecule has 2 nitrogen and oxygen atoms in total. The summed E-state index contributed by atoms with van der Waals surface area (Å²) in [6, 6.07) is 9.29. The van der Waals surface area contributed by atoms with Gasteiger partial charge in [-0.15, -0.1) is 0 Å². The molecule has 2 heterocycles. The molecule has 0 radical (unpaired) electrons. The zero-order valence-corrected chi connectivity index (χ0v) is 12.1. The SMILES string of the molecule is CCC.C[C@H]1OP(C)N2c3ccccc3CC12. The van der Waals surface area contributed by atoms with Crippen LogP contribution in [0.1, 0.15) is 32.8 Å². The summed E-state index contributed by atoms with van der Waals surface area (Å²) in [4.78, 5) is 0. The van der Waals surface area contributed by atoms with Crippen molar-refractivity contribution in [1.82, 2.24) is 0 Å². The lowest BCUT2D eigenvalue weighted by atomic mass is 10.1. The van der Waals surface area contributed by atoms with Crippen molar-refractivity contribution in [2.24, 2.45) is 0 Å². The van der Waals surface area contributed by atoms with E-state index in [2.05, 4.69) is 56.4 Å². The Balaban J connectivity index is 0.000000329. The largest absolute Gasteiger partial charge is 0.334 e. The summed E-state index contributed by atoms with van der Waals surface area (Å²) in [6.45, 7) is 8.64. The van der Waals surface area contributed by atoms with Gasteiger partial charge in [-0.2, -0.15) is 0 Å². The van der Waals surface area contributed by atoms with Crippen molar-refractivity contribution in [1.29, 1.82) is 0 Å². The van der Waals surface area contributed by atoms with E-state index in [1.165, 1.54) is 17.7 Å². The lowest BCUT2D eigenvalue weighted by molar-refractivity contribution is 0.252. The van der Waals surface area contributed by atoms with E-state index in [4.69, 9.17) is 4.52 Å². The van der Waals surface area contributed by atoms with Crippen LogP contribution >= 0.6 is 8.30 Å². The van der Waals surface area contributed by atoms with Crippen LogP contribution in [0.5, 0.6) is 0 Å². The summed E-state index contributed by atoms with van der Waals surface area (Å²) in [5.41, 5.74) is 2.89. The van der Waals surface area contributed by atoms with Crippen LogP contribution in [0.4, 0.5) is 5.69 Å². The van der Waals surface area contributed by atoms with E-state index in [-0.39, 0.29) is 0 Å². The third-order valence-corrected chi connectivity index (χ3v) is 4.90. The van der Waals surface area contributed by atoms with Gasteiger partial charge in [-0.25, -0.2) is 0 Å². The van der Waals surface area contributed by atoms with Crippen LogP contribution in [0.3, 0.4) is 0 Å². The molecule has 1 saturated heterocycles. The lowest BCUT2D eigenvalue weighted by Crippen LogP contribution is -2.28. The fraction of sp³-hybridized carbons (Fsp3) is 0.571. The Bertz CT molecular complexity index is 382. The zero-order valence-electron chi connectivity index (χ0n) is 11.2. The summed E-state index contributed by atoms with van der Waals surface area (Å²) in [5.74, 6) is 0. The van der Waals surface area contributed by atoms with Crippen molar-refractivity contribution in [3.8, 4) is 0 Å². The van der Waals surface area contributed by atoms with Crippen molar-refractivity contribution in [2.75, 3.05) is 11.3 Å². The molecule has 0 spiro atoms. The number of benzene rings is 1. The molecule has 2 aliphatic rings. The molecule has 0 aliphatic carbocycles. The van der Waals surface area contributed by atoms with E-state index in [0.29, 0.717) is 12.1 Å². The molecule has 1 fully saturated rings. The summed E-state index contributed by atoms with van der Waals surface area (Å²) < 4.78 is 8.36. The monoisotopic (exact) mass is 251 g/mol. The maximum atomic E-state index is 5.88. The highest BCUT2D eigenvalue weighted by molar-refractivity contribution is 7.54. The highest BCUT2D eigenvalue weighted by Crippen LogP contribution is 2.55. The maximum Gasteiger partial charge on any atom is 0.129 e. The van der Waals surface area contributed by atoms with Gasteiger partial charge in [-0.3, -0.25) is 0 Å². The second kappa shape index (κ2) is 5.37. The Morgan fingerprint density at radius 1 is 1.35 bits per heavy atom. The average molecular weight is 251 g/mol. The van der Waals surface area contributed by atoms with Gasteiger partial charge in [0.1, 0.15) is 8.30 Å². The van der Waals surface area contributed by atoms with E-state index < -0.39 is 8.30 Å². The first-order chi connectivity index (χ1) is 8.19. The number of hydrogen-bond donors (Lipinski definition) is 0. The summed E-state index contributed by atoms with van der Waals surface area (Å²) >= 11 is 0. The first-order valence-corrected chi connectivity index (χ1v) is 8.12. The van der Waals surface area contributed by atoms with Gasteiger partial charge in [0.25, 0.3) is 0 Å². The molecule has 0 aromatic heterocycles. The van der Waals surface area contributed by atoms with E-state index in [0.717, 1.165) is 6.42 Å². The number of anilines is 1. The molecule has 3 rings (SSSR count).